The SMILES string of the molecule is Cc1ccc(CNC(=O)[C@H]2C3C=CC(C3)[C@H]2C(=O)O)cc1. The minimum absolute atomic E-state index is 0.0163. The predicted molar refractivity (Wildman–Crippen MR) is 78.4 cm³/mol. The van der Waals surface area contributed by atoms with Gasteiger partial charge in [0.05, 0.1) is 11.8 Å². The van der Waals surface area contributed by atoms with Crippen molar-refractivity contribution in [3.05, 3.63) is 47.5 Å². The third kappa shape index (κ3) is 2.58. The van der Waals surface area contributed by atoms with Gasteiger partial charge in [-0.05, 0) is 30.7 Å². The highest BCUT2D eigenvalue weighted by atomic mass is 16.4. The molecule has 1 amide bonds. The van der Waals surface area contributed by atoms with E-state index < -0.39 is 17.8 Å². The molecule has 2 unspecified atom stereocenters. The number of aryl methyl sites for hydroxylation is 1. The van der Waals surface area contributed by atoms with E-state index in [4.69, 9.17) is 0 Å². The number of carbonyl (C=O) groups is 2. The molecule has 0 saturated heterocycles. The van der Waals surface area contributed by atoms with Crippen LogP contribution in [0.4, 0.5) is 0 Å². The van der Waals surface area contributed by atoms with Gasteiger partial charge in [-0.2, -0.15) is 0 Å². The molecular formula is C17H19NO3. The Kier molecular flexibility index (Phi) is 3.53. The van der Waals surface area contributed by atoms with Gasteiger partial charge in [0.15, 0.2) is 0 Å². The molecule has 3 rings (SSSR count). The fraction of sp³-hybridized carbons (Fsp3) is 0.412. The molecule has 4 atom stereocenters. The van der Waals surface area contributed by atoms with Gasteiger partial charge >= 0.3 is 5.97 Å². The molecule has 2 bridgehead atoms. The van der Waals surface area contributed by atoms with Gasteiger partial charge in [-0.15, -0.1) is 0 Å². The highest BCUT2D eigenvalue weighted by Gasteiger charge is 2.51. The molecule has 21 heavy (non-hydrogen) atoms. The van der Waals surface area contributed by atoms with E-state index >= 15 is 0 Å². The molecule has 0 spiro atoms. The predicted octanol–water partition coefficient (Wildman–Crippen LogP) is 2.13. The standard InChI is InChI=1S/C17H19NO3/c1-10-2-4-11(5-3-10)9-18-16(19)14-12-6-7-13(8-12)15(14)17(20)21/h2-7,12-15H,8-9H2,1H3,(H,18,19)(H,20,21)/t12?,13?,14-,15+/m0/s1. The maximum absolute atomic E-state index is 12.4. The zero-order valence-electron chi connectivity index (χ0n) is 12.0. The maximum Gasteiger partial charge on any atom is 0.307 e. The second-order valence-electron chi connectivity index (χ2n) is 6.04. The number of nitrogens with one attached hydrogen (secondary N) is 1. The summed E-state index contributed by atoms with van der Waals surface area (Å²) in [6.45, 7) is 2.46. The number of benzene rings is 1. The Morgan fingerprint density at radius 2 is 1.76 bits per heavy atom. The first kappa shape index (κ1) is 13.9. The number of carboxylic acid groups (broad SMARTS) is 1. The summed E-state index contributed by atoms with van der Waals surface area (Å²) in [5, 5.41) is 12.3. The van der Waals surface area contributed by atoms with Crippen LogP contribution in [0.15, 0.2) is 36.4 Å². The minimum atomic E-state index is -0.859. The average molecular weight is 285 g/mol. The van der Waals surface area contributed by atoms with Crippen LogP contribution < -0.4 is 5.32 Å². The van der Waals surface area contributed by atoms with E-state index in [1.807, 2.05) is 43.3 Å². The van der Waals surface area contributed by atoms with Gasteiger partial charge in [-0.3, -0.25) is 9.59 Å². The van der Waals surface area contributed by atoms with Gasteiger partial charge in [-0.1, -0.05) is 42.0 Å². The Bertz CT molecular complexity index is 591. The third-order valence-electron chi connectivity index (χ3n) is 4.63. The van der Waals surface area contributed by atoms with Crippen molar-refractivity contribution in [3.8, 4) is 0 Å². The lowest BCUT2D eigenvalue weighted by molar-refractivity contribution is -0.147. The molecule has 1 aromatic rings. The van der Waals surface area contributed by atoms with Crippen molar-refractivity contribution in [2.24, 2.45) is 23.7 Å². The fourth-order valence-corrected chi connectivity index (χ4v) is 3.53. The number of allylic oxidation sites excluding steroid dienone is 2. The Hall–Kier alpha value is -2.10. The van der Waals surface area contributed by atoms with Crippen LogP contribution in [0.5, 0.6) is 0 Å². The van der Waals surface area contributed by atoms with E-state index in [9.17, 15) is 14.7 Å². The van der Waals surface area contributed by atoms with E-state index in [0.29, 0.717) is 6.54 Å². The normalized spacial score (nSPS) is 29.6. The van der Waals surface area contributed by atoms with Crippen molar-refractivity contribution in [3.63, 3.8) is 0 Å². The Morgan fingerprint density at radius 1 is 1.14 bits per heavy atom. The van der Waals surface area contributed by atoms with Gasteiger partial charge in [0.1, 0.15) is 0 Å². The molecule has 1 saturated carbocycles. The van der Waals surface area contributed by atoms with E-state index in [0.717, 1.165) is 12.0 Å². The van der Waals surface area contributed by atoms with Crippen LogP contribution in [-0.2, 0) is 16.1 Å². The summed E-state index contributed by atoms with van der Waals surface area (Å²) < 4.78 is 0. The monoisotopic (exact) mass is 285 g/mol. The number of carboxylic acids is 1. The molecule has 110 valence electrons. The summed E-state index contributed by atoms with van der Waals surface area (Å²) in [6.07, 6.45) is 4.74. The van der Waals surface area contributed by atoms with Gasteiger partial charge in [0.25, 0.3) is 0 Å². The largest absolute Gasteiger partial charge is 0.481 e. The van der Waals surface area contributed by atoms with Gasteiger partial charge in [0, 0.05) is 6.54 Å². The first-order valence-corrected chi connectivity index (χ1v) is 7.30. The van der Waals surface area contributed by atoms with Crippen molar-refractivity contribution in [2.75, 3.05) is 0 Å². The van der Waals surface area contributed by atoms with Crippen LogP contribution in [0.3, 0.4) is 0 Å². The summed E-state index contributed by atoms with van der Waals surface area (Å²) in [7, 11) is 0. The number of hydrogen-bond acceptors (Lipinski definition) is 2. The van der Waals surface area contributed by atoms with Crippen LogP contribution in [0, 0.1) is 30.6 Å². The molecule has 0 aliphatic heterocycles. The highest BCUT2D eigenvalue weighted by Crippen LogP contribution is 2.48. The molecule has 4 nitrogen and oxygen atoms in total. The quantitative estimate of drug-likeness (QED) is 0.833. The number of amides is 1. The summed E-state index contributed by atoms with van der Waals surface area (Å²) in [5.74, 6) is -1.90. The molecule has 0 radical (unpaired) electrons. The second kappa shape index (κ2) is 5.35. The van der Waals surface area contributed by atoms with Crippen LogP contribution in [-0.4, -0.2) is 17.0 Å². The number of hydrogen-bond donors (Lipinski definition) is 2. The first-order chi connectivity index (χ1) is 10.1. The second-order valence-corrected chi connectivity index (χ2v) is 6.04. The smallest absolute Gasteiger partial charge is 0.307 e. The molecule has 2 aliphatic rings. The average Bonchev–Trinajstić information content (AvgIpc) is 3.06. The first-order valence-electron chi connectivity index (χ1n) is 7.30. The lowest BCUT2D eigenvalue weighted by Crippen LogP contribution is -2.39. The van der Waals surface area contributed by atoms with Crippen molar-refractivity contribution in [1.82, 2.24) is 5.32 Å². The van der Waals surface area contributed by atoms with Crippen molar-refractivity contribution in [1.29, 1.82) is 0 Å². The molecule has 4 heteroatoms. The number of fused-ring (bicyclic) bond motifs is 2. The van der Waals surface area contributed by atoms with E-state index in [-0.39, 0.29) is 17.7 Å². The van der Waals surface area contributed by atoms with E-state index in [1.165, 1.54) is 5.56 Å². The van der Waals surface area contributed by atoms with Gasteiger partial charge in [-0.25, -0.2) is 0 Å². The van der Waals surface area contributed by atoms with E-state index in [1.54, 1.807) is 0 Å². The Labute approximate surface area is 123 Å². The summed E-state index contributed by atoms with van der Waals surface area (Å²) >= 11 is 0. The molecule has 2 N–H and O–H groups in total. The number of aliphatic carboxylic acids is 1. The molecule has 0 aromatic heterocycles. The van der Waals surface area contributed by atoms with E-state index in [2.05, 4.69) is 5.32 Å². The topological polar surface area (TPSA) is 66.4 Å². The zero-order chi connectivity index (χ0) is 15.0. The molecule has 2 aliphatic carbocycles. The van der Waals surface area contributed by atoms with Crippen LogP contribution in [0.2, 0.25) is 0 Å². The van der Waals surface area contributed by atoms with Crippen LogP contribution in [0.1, 0.15) is 17.5 Å². The fourth-order valence-electron chi connectivity index (χ4n) is 3.53. The Morgan fingerprint density at radius 3 is 2.38 bits per heavy atom. The van der Waals surface area contributed by atoms with Crippen molar-refractivity contribution < 1.29 is 14.7 Å². The highest BCUT2D eigenvalue weighted by molar-refractivity contribution is 5.86. The number of rotatable bonds is 4. The minimum Gasteiger partial charge on any atom is -0.481 e. The number of carbonyl (C=O) groups excluding carboxylic acids is 1. The third-order valence-corrected chi connectivity index (χ3v) is 4.63. The lowest BCUT2D eigenvalue weighted by atomic mass is 9.82. The molecule has 1 aromatic carbocycles. The molecule has 1 fully saturated rings. The summed E-state index contributed by atoms with van der Waals surface area (Å²) in [4.78, 5) is 23.8. The van der Waals surface area contributed by atoms with Crippen molar-refractivity contribution >= 4 is 11.9 Å². The summed E-state index contributed by atoms with van der Waals surface area (Å²) in [6, 6.07) is 7.96. The van der Waals surface area contributed by atoms with Gasteiger partial charge < -0.3 is 10.4 Å². The maximum atomic E-state index is 12.4. The molecule has 0 heterocycles. The molecular weight excluding hydrogens is 266 g/mol. The van der Waals surface area contributed by atoms with Crippen LogP contribution >= 0.6 is 0 Å². The van der Waals surface area contributed by atoms with Gasteiger partial charge in [0.2, 0.25) is 5.91 Å². The Balaban J connectivity index is 1.66. The summed E-state index contributed by atoms with van der Waals surface area (Å²) in [5.41, 5.74) is 2.20. The zero-order valence-corrected chi connectivity index (χ0v) is 12.0. The lowest BCUT2D eigenvalue weighted by Gasteiger charge is -2.23. The van der Waals surface area contributed by atoms with Crippen molar-refractivity contribution in [2.45, 2.75) is 19.9 Å². The van der Waals surface area contributed by atoms with Crippen LogP contribution in [0.25, 0.3) is 0 Å².